The van der Waals surface area contributed by atoms with Gasteiger partial charge in [0.05, 0.1) is 20.6 Å². The number of nitrogens with one attached hydrogen (secondary N) is 2. The van der Waals surface area contributed by atoms with Gasteiger partial charge in [-0.2, -0.15) is 0 Å². The average Bonchev–Trinajstić information content (AvgIpc) is 3.06. The van der Waals surface area contributed by atoms with Crippen LogP contribution in [0.4, 0.5) is 9.59 Å². The number of ether oxygens (including phenoxy) is 6. The van der Waals surface area contributed by atoms with E-state index in [1.54, 1.807) is 93.5 Å². The highest BCUT2D eigenvalue weighted by molar-refractivity contribution is 6.11. The number of hydrogen-bond donors (Lipinski definition) is 2. The number of methoxy groups -OCH3 is 2. The molecular formula is C41H54N2O12. The van der Waals surface area contributed by atoms with Gasteiger partial charge in [-0.3, -0.25) is 9.59 Å². The first-order valence-corrected chi connectivity index (χ1v) is 17.7. The van der Waals surface area contributed by atoms with E-state index < -0.39 is 65.4 Å². The minimum Gasteiger partial charge on any atom is -0.493 e. The Morgan fingerprint density at radius 1 is 0.582 bits per heavy atom. The van der Waals surface area contributed by atoms with Crippen molar-refractivity contribution in [1.29, 1.82) is 0 Å². The van der Waals surface area contributed by atoms with E-state index in [9.17, 15) is 28.8 Å². The summed E-state index contributed by atoms with van der Waals surface area (Å²) >= 11 is 0. The Labute approximate surface area is 322 Å². The van der Waals surface area contributed by atoms with Crippen LogP contribution in [0.3, 0.4) is 0 Å². The van der Waals surface area contributed by atoms with Crippen molar-refractivity contribution in [2.24, 2.45) is 11.8 Å². The Kier molecular flexibility index (Phi) is 16.7. The highest BCUT2D eigenvalue weighted by Crippen LogP contribution is 2.31. The second-order valence-corrected chi connectivity index (χ2v) is 15.2. The molecule has 0 radical (unpaired) electrons. The van der Waals surface area contributed by atoms with Crippen LogP contribution in [0, 0.1) is 11.8 Å². The second-order valence-electron chi connectivity index (χ2n) is 15.2. The van der Waals surface area contributed by atoms with E-state index >= 15 is 0 Å². The number of carbonyl (C=O) groups excluding carboxylic acids is 6. The van der Waals surface area contributed by atoms with Gasteiger partial charge >= 0.3 is 24.1 Å². The molecule has 2 atom stereocenters. The lowest BCUT2D eigenvalue weighted by Gasteiger charge is -2.24. The quantitative estimate of drug-likeness (QED) is 0.0784. The number of hydrogen-bond acceptors (Lipinski definition) is 12. The molecule has 0 aliphatic rings. The molecule has 2 aromatic rings. The summed E-state index contributed by atoms with van der Waals surface area (Å²) < 4.78 is 32.4. The van der Waals surface area contributed by atoms with Gasteiger partial charge in [0.25, 0.3) is 0 Å². The zero-order valence-electron chi connectivity index (χ0n) is 33.7. The fourth-order valence-electron chi connectivity index (χ4n) is 4.62. The molecule has 55 heavy (non-hydrogen) atoms. The summed E-state index contributed by atoms with van der Waals surface area (Å²) in [6, 6.07) is 7.28. The Morgan fingerprint density at radius 3 is 1.22 bits per heavy atom. The predicted octanol–water partition coefficient (Wildman–Crippen LogP) is 6.87. The lowest BCUT2D eigenvalue weighted by Crippen LogP contribution is -2.48. The zero-order valence-corrected chi connectivity index (χ0v) is 33.7. The van der Waals surface area contributed by atoms with Crippen molar-refractivity contribution < 1.29 is 57.2 Å². The number of allylic oxidation sites excluding steroid dienone is 2. The largest absolute Gasteiger partial charge is 0.493 e. The molecule has 14 nitrogen and oxygen atoms in total. The Balaban J connectivity index is 2.05. The topological polar surface area (TPSA) is 182 Å². The number of alkyl carbamates (subject to hydrolysis) is 2. The summed E-state index contributed by atoms with van der Waals surface area (Å²) in [4.78, 5) is 75.7. The minimum absolute atomic E-state index is 0.103. The zero-order chi connectivity index (χ0) is 41.7. The summed E-state index contributed by atoms with van der Waals surface area (Å²) in [6.45, 7) is 17.3. The van der Waals surface area contributed by atoms with Gasteiger partial charge in [-0.15, -0.1) is 0 Å². The monoisotopic (exact) mass is 766 g/mol. The molecule has 300 valence electrons. The Bertz CT molecular complexity index is 1640. The summed E-state index contributed by atoms with van der Waals surface area (Å²) in [5.41, 5.74) is -0.427. The van der Waals surface area contributed by atoms with Crippen molar-refractivity contribution >= 4 is 47.8 Å². The Morgan fingerprint density at radius 2 is 0.927 bits per heavy atom. The number of benzene rings is 2. The molecule has 0 heterocycles. The smallest absolute Gasteiger partial charge is 0.408 e. The lowest BCUT2D eigenvalue weighted by molar-refractivity contribution is -0.138. The SMILES string of the molecule is COc1cc(/C=C/C(=O)CC(=O)/C=C/c2ccc(OC(=O)[C@@H](NC(=O)OC(C)(C)C)C(C)C)c(OC)c2)ccc1OC(=O)C(NC(=O)OC(C)(C)C)C(C)C. The van der Waals surface area contributed by atoms with E-state index in [1.807, 2.05) is 0 Å². The van der Waals surface area contributed by atoms with Crippen LogP contribution in [0.25, 0.3) is 12.2 Å². The summed E-state index contributed by atoms with van der Waals surface area (Å²) in [7, 11) is 2.78. The third-order valence-corrected chi connectivity index (χ3v) is 7.25. The average molecular weight is 767 g/mol. The lowest BCUT2D eigenvalue weighted by atomic mass is 10.0. The normalized spacial score (nSPS) is 12.9. The molecule has 2 amide bonds. The van der Waals surface area contributed by atoms with Gasteiger partial charge in [-0.05, 0) is 101 Å². The van der Waals surface area contributed by atoms with E-state index in [-0.39, 0.29) is 34.8 Å². The molecule has 1 unspecified atom stereocenters. The van der Waals surface area contributed by atoms with Crippen LogP contribution in [0.1, 0.15) is 86.8 Å². The number of amides is 2. The summed E-state index contributed by atoms with van der Waals surface area (Å²) in [5.74, 6) is -2.36. The minimum atomic E-state index is -0.992. The molecule has 14 heteroatoms. The van der Waals surface area contributed by atoms with E-state index in [4.69, 9.17) is 28.4 Å². The highest BCUT2D eigenvalue weighted by atomic mass is 16.6. The molecule has 0 aliphatic heterocycles. The molecule has 2 N–H and O–H groups in total. The van der Waals surface area contributed by atoms with Crippen LogP contribution in [-0.2, 0) is 28.7 Å². The van der Waals surface area contributed by atoms with E-state index in [1.165, 1.54) is 50.7 Å². The van der Waals surface area contributed by atoms with Crippen molar-refractivity contribution in [3.63, 3.8) is 0 Å². The molecule has 2 rings (SSSR count). The molecular weight excluding hydrogens is 712 g/mol. The molecule has 0 aromatic heterocycles. The first-order valence-electron chi connectivity index (χ1n) is 17.7. The summed E-state index contributed by atoms with van der Waals surface area (Å²) in [6.07, 6.45) is 3.57. The van der Waals surface area contributed by atoms with Crippen LogP contribution in [-0.4, -0.2) is 73.2 Å². The molecule has 0 spiro atoms. The molecule has 0 aliphatic carbocycles. The van der Waals surface area contributed by atoms with Crippen LogP contribution >= 0.6 is 0 Å². The summed E-state index contributed by atoms with van der Waals surface area (Å²) in [5, 5.41) is 5.09. The van der Waals surface area contributed by atoms with Gasteiger partial charge in [0.1, 0.15) is 23.3 Å². The van der Waals surface area contributed by atoms with Gasteiger partial charge in [-0.1, -0.05) is 52.0 Å². The standard InChI is InChI=1S/C41H54N2O12/c1-24(2)34(42-38(48)54-40(5,6)7)36(46)52-30-19-15-26(21-32(30)50-11)13-17-28(44)23-29(45)18-14-27-16-20-31(33(22-27)51-12)53-37(47)35(25(3)4)43-39(49)55-41(8,9)10/h13-22,24-25,34-35H,23H2,1-12H3,(H,42,48)(H,43,49)/b17-13+,18-14+/t34-,35?/m0/s1. The van der Waals surface area contributed by atoms with Gasteiger partial charge < -0.3 is 39.1 Å². The number of carbonyl (C=O) groups is 6. The van der Waals surface area contributed by atoms with Crippen LogP contribution in [0.15, 0.2) is 48.6 Å². The number of rotatable bonds is 16. The number of esters is 2. The first kappa shape index (κ1) is 45.5. The third kappa shape index (κ3) is 16.1. The maximum absolute atomic E-state index is 13.0. The van der Waals surface area contributed by atoms with Crippen molar-refractivity contribution in [2.75, 3.05) is 14.2 Å². The Hall–Kier alpha value is -5.66. The van der Waals surface area contributed by atoms with Crippen LogP contribution in [0.5, 0.6) is 23.0 Å². The van der Waals surface area contributed by atoms with Crippen molar-refractivity contribution in [1.82, 2.24) is 10.6 Å². The van der Waals surface area contributed by atoms with Gasteiger partial charge in [0.2, 0.25) is 0 Å². The molecule has 0 saturated carbocycles. The number of ketones is 2. The maximum atomic E-state index is 13.0. The van der Waals surface area contributed by atoms with Crippen molar-refractivity contribution in [3.05, 3.63) is 59.7 Å². The second kappa shape index (κ2) is 20.1. The molecule has 0 fully saturated rings. The third-order valence-electron chi connectivity index (χ3n) is 7.25. The maximum Gasteiger partial charge on any atom is 0.408 e. The predicted molar refractivity (Wildman–Crippen MR) is 206 cm³/mol. The van der Waals surface area contributed by atoms with E-state index in [2.05, 4.69) is 10.6 Å². The molecule has 0 saturated heterocycles. The van der Waals surface area contributed by atoms with E-state index in [0.29, 0.717) is 11.1 Å². The van der Waals surface area contributed by atoms with Crippen LogP contribution < -0.4 is 29.6 Å². The molecule has 2 aromatic carbocycles. The van der Waals surface area contributed by atoms with E-state index in [0.717, 1.165) is 0 Å². The fourth-order valence-corrected chi connectivity index (χ4v) is 4.62. The van der Waals surface area contributed by atoms with Gasteiger partial charge in [0, 0.05) is 0 Å². The van der Waals surface area contributed by atoms with Crippen molar-refractivity contribution in [2.45, 2.75) is 98.9 Å². The van der Waals surface area contributed by atoms with Crippen LogP contribution in [0.2, 0.25) is 0 Å². The molecule has 0 bridgehead atoms. The first-order chi connectivity index (χ1) is 25.5. The highest BCUT2D eigenvalue weighted by Gasteiger charge is 2.31. The van der Waals surface area contributed by atoms with Crippen molar-refractivity contribution in [3.8, 4) is 23.0 Å². The van der Waals surface area contributed by atoms with Gasteiger partial charge in [-0.25, -0.2) is 19.2 Å². The fraction of sp³-hybridized carbons (Fsp3) is 0.463. The van der Waals surface area contributed by atoms with Gasteiger partial charge in [0.15, 0.2) is 34.6 Å².